The summed E-state index contributed by atoms with van der Waals surface area (Å²) in [6.45, 7) is 5.83. The Balaban J connectivity index is 1.46. The zero-order valence-corrected chi connectivity index (χ0v) is 23.2. The number of hydrogen-bond acceptors (Lipinski definition) is 6. The first kappa shape index (κ1) is 26.6. The second-order valence-corrected chi connectivity index (χ2v) is 11.2. The number of fused-ring (bicyclic) bond motifs is 1. The molecule has 0 atom stereocenters. The maximum atomic E-state index is 13.7. The Hall–Kier alpha value is -4.04. The zero-order valence-electron chi connectivity index (χ0n) is 22.4. The number of nitrogens with zero attached hydrogens (tertiary/aromatic N) is 2. The zero-order chi connectivity index (χ0) is 27.5. The average molecular weight is 542 g/mol. The molecule has 1 aliphatic carbocycles. The van der Waals surface area contributed by atoms with Crippen molar-refractivity contribution < 1.29 is 14.1 Å². The highest BCUT2D eigenvalue weighted by Crippen LogP contribution is 2.39. The molecule has 2 heterocycles. The molecular weight excluding hydrogens is 510 g/mol. The van der Waals surface area contributed by atoms with Crippen molar-refractivity contribution in [2.45, 2.75) is 59.3 Å². The molecule has 0 unspecified atom stereocenters. The van der Waals surface area contributed by atoms with Gasteiger partial charge < -0.3 is 9.73 Å². The molecule has 200 valence electrons. The summed E-state index contributed by atoms with van der Waals surface area (Å²) in [4.78, 5) is 30.4. The van der Waals surface area contributed by atoms with Gasteiger partial charge in [0.2, 0.25) is 0 Å². The number of furan rings is 1. The van der Waals surface area contributed by atoms with Crippen molar-refractivity contribution in [2.75, 3.05) is 5.32 Å². The van der Waals surface area contributed by atoms with E-state index in [1.54, 1.807) is 23.6 Å². The van der Waals surface area contributed by atoms with E-state index in [-0.39, 0.29) is 11.6 Å². The maximum absolute atomic E-state index is 13.7. The highest BCUT2D eigenvalue weighted by atomic mass is 32.1. The van der Waals surface area contributed by atoms with Gasteiger partial charge in [0.05, 0.1) is 16.7 Å². The van der Waals surface area contributed by atoms with Crippen LogP contribution in [0, 0.1) is 30.9 Å². The number of carbonyl (C=O) groups excluding carboxylic acids is 1. The third kappa shape index (κ3) is 5.86. The van der Waals surface area contributed by atoms with Crippen LogP contribution >= 0.6 is 11.3 Å². The third-order valence-electron chi connectivity index (χ3n) is 7.14. The van der Waals surface area contributed by atoms with Crippen molar-refractivity contribution >= 4 is 39.8 Å². The van der Waals surface area contributed by atoms with Gasteiger partial charge in [-0.25, -0.2) is 4.99 Å². The smallest absolute Gasteiger partial charge is 0.269 e. The van der Waals surface area contributed by atoms with E-state index in [2.05, 4.69) is 5.32 Å². The summed E-state index contributed by atoms with van der Waals surface area (Å²) in [7, 11) is 0. The minimum atomic E-state index is -0.407. The van der Waals surface area contributed by atoms with Crippen LogP contribution in [0.2, 0.25) is 0 Å². The van der Waals surface area contributed by atoms with Crippen LogP contribution in [0.1, 0.15) is 68.9 Å². The summed E-state index contributed by atoms with van der Waals surface area (Å²) >= 11 is 1.60. The molecule has 1 amide bonds. The average Bonchev–Trinajstić information content (AvgIpc) is 3.49. The molecule has 2 aromatic carbocycles. The normalized spacial score (nSPS) is 13.6. The quantitative estimate of drug-likeness (QED) is 0.150. The second kappa shape index (κ2) is 11.4. The molecule has 0 fully saturated rings. The Labute approximate surface area is 231 Å². The minimum Gasteiger partial charge on any atom is -0.455 e. The van der Waals surface area contributed by atoms with Crippen LogP contribution in [0.25, 0.3) is 11.3 Å². The van der Waals surface area contributed by atoms with Gasteiger partial charge in [-0.1, -0.05) is 25.0 Å². The number of aliphatic imine (C=N–C) groups is 1. The summed E-state index contributed by atoms with van der Waals surface area (Å²) < 4.78 is 6.02. The lowest BCUT2D eigenvalue weighted by molar-refractivity contribution is -0.384. The highest BCUT2D eigenvalue weighted by molar-refractivity contribution is 7.16. The van der Waals surface area contributed by atoms with Gasteiger partial charge >= 0.3 is 0 Å². The van der Waals surface area contributed by atoms with E-state index in [9.17, 15) is 14.9 Å². The summed E-state index contributed by atoms with van der Waals surface area (Å²) in [5, 5.41) is 14.9. The number of nitro groups is 1. The molecule has 4 aromatic rings. The number of hydrogen-bond donors (Lipinski definition) is 1. The van der Waals surface area contributed by atoms with E-state index in [1.807, 2.05) is 51.1 Å². The molecule has 0 spiro atoms. The Kier molecular flexibility index (Phi) is 7.74. The monoisotopic (exact) mass is 541 g/mol. The molecule has 1 N–H and O–H groups in total. The number of aryl methyl sites for hydroxylation is 4. The summed E-state index contributed by atoms with van der Waals surface area (Å²) in [6.07, 6.45) is 8.04. The molecule has 7 nitrogen and oxygen atoms in total. The predicted molar refractivity (Wildman–Crippen MR) is 157 cm³/mol. The number of benzene rings is 2. The fourth-order valence-corrected chi connectivity index (χ4v) is 6.24. The number of rotatable bonds is 6. The van der Waals surface area contributed by atoms with Crippen molar-refractivity contribution in [2.24, 2.45) is 4.99 Å². The van der Waals surface area contributed by atoms with Crippen molar-refractivity contribution in [3.63, 3.8) is 0 Å². The summed E-state index contributed by atoms with van der Waals surface area (Å²) in [6, 6.07) is 14.4. The van der Waals surface area contributed by atoms with E-state index in [4.69, 9.17) is 9.41 Å². The number of non-ortho nitro benzene ring substituents is 1. The second-order valence-electron chi connectivity index (χ2n) is 10.1. The van der Waals surface area contributed by atoms with E-state index < -0.39 is 4.92 Å². The van der Waals surface area contributed by atoms with Gasteiger partial charge in [0, 0.05) is 28.3 Å². The van der Waals surface area contributed by atoms with Gasteiger partial charge in [-0.2, -0.15) is 0 Å². The molecule has 1 aliphatic rings. The lowest BCUT2D eigenvalue weighted by Gasteiger charge is -2.13. The standard InChI is InChI=1S/C31H31N3O4S/c1-19-10-11-20(2)26(16-19)33-30(35)29-25-8-6-4-5-7-9-28(25)39-31(29)32-18-23-13-15-27(38-23)24-14-12-22(34(36)37)17-21(24)3/h10-18H,4-9H2,1-3H3,(H,33,35). The predicted octanol–water partition coefficient (Wildman–Crippen LogP) is 8.50. The van der Waals surface area contributed by atoms with Crippen LogP contribution in [0.5, 0.6) is 0 Å². The van der Waals surface area contributed by atoms with Crippen LogP contribution < -0.4 is 5.32 Å². The van der Waals surface area contributed by atoms with Crippen molar-refractivity contribution in [1.82, 2.24) is 0 Å². The summed E-state index contributed by atoms with van der Waals surface area (Å²) in [5.41, 5.74) is 6.29. The van der Waals surface area contributed by atoms with Gasteiger partial charge in [-0.15, -0.1) is 11.3 Å². The van der Waals surface area contributed by atoms with Crippen LogP contribution in [-0.2, 0) is 12.8 Å². The van der Waals surface area contributed by atoms with E-state index in [0.717, 1.165) is 59.2 Å². The molecule has 0 aliphatic heterocycles. The molecule has 0 radical (unpaired) electrons. The number of thiophene rings is 1. The van der Waals surface area contributed by atoms with Gasteiger partial charge in [-0.3, -0.25) is 14.9 Å². The molecule has 0 saturated heterocycles. The maximum Gasteiger partial charge on any atom is 0.269 e. The highest BCUT2D eigenvalue weighted by Gasteiger charge is 2.24. The van der Waals surface area contributed by atoms with Crippen molar-refractivity contribution in [3.05, 3.63) is 97.1 Å². The largest absolute Gasteiger partial charge is 0.455 e. The van der Waals surface area contributed by atoms with Gasteiger partial charge in [-0.05, 0) is 93.0 Å². The third-order valence-corrected chi connectivity index (χ3v) is 8.34. The fraction of sp³-hybridized carbons (Fsp3) is 0.290. The van der Waals surface area contributed by atoms with E-state index >= 15 is 0 Å². The number of carbonyl (C=O) groups is 1. The first-order chi connectivity index (χ1) is 18.8. The Morgan fingerprint density at radius 2 is 1.79 bits per heavy atom. The lowest BCUT2D eigenvalue weighted by Crippen LogP contribution is -2.15. The van der Waals surface area contributed by atoms with Crippen molar-refractivity contribution in [3.8, 4) is 11.3 Å². The Bertz CT molecular complexity index is 1580. The molecule has 2 aromatic heterocycles. The molecular formula is C31H31N3O4S. The topological polar surface area (TPSA) is 97.7 Å². The summed E-state index contributed by atoms with van der Waals surface area (Å²) in [5.74, 6) is 1.02. The fourth-order valence-electron chi connectivity index (χ4n) is 5.01. The van der Waals surface area contributed by atoms with Crippen LogP contribution in [-0.4, -0.2) is 17.0 Å². The number of nitro benzene ring substituents is 1. The number of nitrogens with one attached hydrogen (secondary N) is 1. The van der Waals surface area contributed by atoms with E-state index in [1.165, 1.54) is 29.9 Å². The Morgan fingerprint density at radius 3 is 2.56 bits per heavy atom. The molecule has 8 heteroatoms. The molecule has 39 heavy (non-hydrogen) atoms. The van der Waals surface area contributed by atoms with Crippen LogP contribution in [0.4, 0.5) is 16.4 Å². The SMILES string of the molecule is Cc1ccc(C)c(NC(=O)c2c(N=Cc3ccc(-c4ccc([N+](=O)[O-])cc4C)o3)sc3c2CCCCCC3)c1. The molecule has 0 bridgehead atoms. The first-order valence-corrected chi connectivity index (χ1v) is 14.0. The van der Waals surface area contributed by atoms with Gasteiger partial charge in [0.1, 0.15) is 16.5 Å². The Morgan fingerprint density at radius 1 is 1.00 bits per heavy atom. The molecule has 5 rings (SSSR count). The van der Waals surface area contributed by atoms with Crippen LogP contribution in [0.3, 0.4) is 0 Å². The van der Waals surface area contributed by atoms with E-state index in [0.29, 0.717) is 22.1 Å². The van der Waals surface area contributed by atoms with Crippen molar-refractivity contribution in [1.29, 1.82) is 0 Å². The minimum absolute atomic E-state index is 0.0458. The van der Waals surface area contributed by atoms with Gasteiger partial charge in [0.15, 0.2) is 0 Å². The molecule has 0 saturated carbocycles. The number of anilines is 1. The lowest BCUT2D eigenvalue weighted by atomic mass is 9.96. The first-order valence-electron chi connectivity index (χ1n) is 13.2. The number of amides is 1. The van der Waals surface area contributed by atoms with Crippen LogP contribution in [0.15, 0.2) is 57.9 Å². The van der Waals surface area contributed by atoms with Gasteiger partial charge in [0.25, 0.3) is 11.6 Å².